The first-order chi connectivity index (χ1) is 10.5. The van der Waals surface area contributed by atoms with Gasteiger partial charge in [-0.1, -0.05) is 12.5 Å². The SMILES string of the molecule is CN1CCCc2ccc(S(=O)(=O)N[C@H]3CCC[C@H]3CN)cc21. The quantitative estimate of drug-likeness (QED) is 0.880. The van der Waals surface area contributed by atoms with Gasteiger partial charge in [0.15, 0.2) is 0 Å². The van der Waals surface area contributed by atoms with Gasteiger partial charge in [0.05, 0.1) is 4.90 Å². The topological polar surface area (TPSA) is 75.4 Å². The van der Waals surface area contributed by atoms with Crippen LogP contribution in [0.3, 0.4) is 0 Å². The Bertz CT molecular complexity index is 645. The van der Waals surface area contributed by atoms with Crippen LogP contribution >= 0.6 is 0 Å². The molecule has 0 radical (unpaired) electrons. The summed E-state index contributed by atoms with van der Waals surface area (Å²) in [5, 5.41) is 0. The summed E-state index contributed by atoms with van der Waals surface area (Å²) in [4.78, 5) is 2.50. The van der Waals surface area contributed by atoms with Gasteiger partial charge in [-0.2, -0.15) is 0 Å². The average molecular weight is 323 g/mol. The molecule has 1 saturated carbocycles. The molecule has 0 saturated heterocycles. The number of aryl methyl sites for hydroxylation is 1. The lowest BCUT2D eigenvalue weighted by molar-refractivity contribution is 0.453. The maximum Gasteiger partial charge on any atom is 0.240 e. The van der Waals surface area contributed by atoms with Crippen molar-refractivity contribution in [3.8, 4) is 0 Å². The zero-order chi connectivity index (χ0) is 15.7. The minimum absolute atomic E-state index is 0.0243. The normalized spacial score (nSPS) is 25.3. The molecule has 1 aliphatic heterocycles. The summed E-state index contributed by atoms with van der Waals surface area (Å²) in [7, 11) is -1.46. The number of benzene rings is 1. The van der Waals surface area contributed by atoms with Gasteiger partial charge in [-0.25, -0.2) is 13.1 Å². The highest BCUT2D eigenvalue weighted by Crippen LogP contribution is 2.30. The van der Waals surface area contributed by atoms with Crippen LogP contribution in [0.25, 0.3) is 0 Å². The highest BCUT2D eigenvalue weighted by molar-refractivity contribution is 7.89. The fourth-order valence-corrected chi connectivity index (χ4v) is 5.01. The van der Waals surface area contributed by atoms with E-state index in [1.807, 2.05) is 19.2 Å². The van der Waals surface area contributed by atoms with Gasteiger partial charge in [-0.3, -0.25) is 0 Å². The lowest BCUT2D eigenvalue weighted by atomic mass is 10.0. The Morgan fingerprint density at radius 3 is 2.91 bits per heavy atom. The summed E-state index contributed by atoms with van der Waals surface area (Å²) in [5.74, 6) is 0.259. The van der Waals surface area contributed by atoms with Crippen molar-refractivity contribution in [3.63, 3.8) is 0 Å². The predicted molar refractivity (Wildman–Crippen MR) is 88.5 cm³/mol. The second kappa shape index (κ2) is 6.18. The number of fused-ring (bicyclic) bond motifs is 1. The number of nitrogens with two attached hydrogens (primary N) is 1. The van der Waals surface area contributed by atoms with Crippen LogP contribution in [0.4, 0.5) is 5.69 Å². The van der Waals surface area contributed by atoms with Crippen molar-refractivity contribution in [1.82, 2.24) is 4.72 Å². The van der Waals surface area contributed by atoms with Gasteiger partial charge < -0.3 is 10.6 Å². The first-order valence-electron chi connectivity index (χ1n) is 8.08. The van der Waals surface area contributed by atoms with Crippen LogP contribution in [-0.4, -0.2) is 34.6 Å². The zero-order valence-electron chi connectivity index (χ0n) is 13.1. The van der Waals surface area contributed by atoms with Crippen LogP contribution in [0.1, 0.15) is 31.2 Å². The number of hydrogen-bond donors (Lipinski definition) is 2. The second-order valence-electron chi connectivity index (χ2n) is 6.47. The highest BCUT2D eigenvalue weighted by Gasteiger charge is 2.30. The molecule has 22 heavy (non-hydrogen) atoms. The van der Waals surface area contributed by atoms with E-state index in [-0.39, 0.29) is 12.0 Å². The van der Waals surface area contributed by atoms with Crippen LogP contribution < -0.4 is 15.4 Å². The Balaban J connectivity index is 1.85. The average Bonchev–Trinajstić information content (AvgIpc) is 2.94. The molecule has 3 N–H and O–H groups in total. The smallest absolute Gasteiger partial charge is 0.240 e. The lowest BCUT2D eigenvalue weighted by Crippen LogP contribution is -2.39. The number of nitrogens with zero attached hydrogens (tertiary/aromatic N) is 1. The van der Waals surface area contributed by atoms with Crippen molar-refractivity contribution in [2.75, 3.05) is 25.0 Å². The molecular weight excluding hydrogens is 298 g/mol. The van der Waals surface area contributed by atoms with Gasteiger partial charge in [0.1, 0.15) is 0 Å². The lowest BCUT2D eigenvalue weighted by Gasteiger charge is -2.28. The molecule has 122 valence electrons. The van der Waals surface area contributed by atoms with E-state index in [9.17, 15) is 8.42 Å². The van der Waals surface area contributed by atoms with E-state index < -0.39 is 10.0 Å². The van der Waals surface area contributed by atoms with E-state index in [1.165, 1.54) is 5.56 Å². The van der Waals surface area contributed by atoms with Gasteiger partial charge in [-0.15, -0.1) is 0 Å². The van der Waals surface area contributed by atoms with Crippen molar-refractivity contribution >= 4 is 15.7 Å². The van der Waals surface area contributed by atoms with Gasteiger partial charge in [-0.05, 0) is 55.8 Å². The first-order valence-corrected chi connectivity index (χ1v) is 9.56. The van der Waals surface area contributed by atoms with E-state index in [1.54, 1.807) is 6.07 Å². The third-order valence-electron chi connectivity index (χ3n) is 4.99. The van der Waals surface area contributed by atoms with E-state index in [4.69, 9.17) is 5.73 Å². The fraction of sp³-hybridized carbons (Fsp3) is 0.625. The van der Waals surface area contributed by atoms with E-state index in [0.29, 0.717) is 11.4 Å². The Kier molecular flexibility index (Phi) is 4.43. The van der Waals surface area contributed by atoms with Gasteiger partial charge >= 0.3 is 0 Å². The molecule has 3 rings (SSSR count). The molecule has 0 bridgehead atoms. The monoisotopic (exact) mass is 323 g/mol. The summed E-state index contributed by atoms with van der Waals surface area (Å²) in [6, 6.07) is 5.47. The number of anilines is 1. The van der Waals surface area contributed by atoms with Crippen LogP contribution in [-0.2, 0) is 16.4 Å². The van der Waals surface area contributed by atoms with Gasteiger partial charge in [0.25, 0.3) is 0 Å². The predicted octanol–water partition coefficient (Wildman–Crippen LogP) is 1.47. The van der Waals surface area contributed by atoms with E-state index >= 15 is 0 Å². The molecule has 5 nitrogen and oxygen atoms in total. The van der Waals surface area contributed by atoms with E-state index in [2.05, 4.69) is 9.62 Å². The van der Waals surface area contributed by atoms with Gasteiger partial charge in [0.2, 0.25) is 10.0 Å². The molecule has 1 aromatic carbocycles. The standard InChI is InChI=1S/C16H25N3O2S/c1-19-9-3-5-12-7-8-14(10-16(12)19)22(20,21)18-15-6-2-4-13(15)11-17/h7-8,10,13,15,18H,2-6,9,11,17H2,1H3/t13-,15-/m0/s1. The molecule has 1 aliphatic carbocycles. The van der Waals surface area contributed by atoms with Crippen molar-refractivity contribution in [2.45, 2.75) is 43.0 Å². The molecule has 0 amide bonds. The second-order valence-corrected chi connectivity index (χ2v) is 8.18. The van der Waals surface area contributed by atoms with Crippen molar-refractivity contribution in [1.29, 1.82) is 0 Å². The molecule has 2 aliphatic rings. The molecule has 0 unspecified atom stereocenters. The molecular formula is C16H25N3O2S. The number of nitrogens with one attached hydrogen (secondary N) is 1. The van der Waals surface area contributed by atoms with E-state index in [0.717, 1.165) is 44.3 Å². The van der Waals surface area contributed by atoms with Crippen LogP contribution in [0.15, 0.2) is 23.1 Å². The first kappa shape index (κ1) is 15.8. The Hall–Kier alpha value is -1.11. The molecule has 0 aromatic heterocycles. The minimum Gasteiger partial charge on any atom is -0.374 e. The Morgan fingerprint density at radius 1 is 1.32 bits per heavy atom. The maximum absolute atomic E-state index is 12.7. The van der Waals surface area contributed by atoms with Crippen LogP contribution in [0.5, 0.6) is 0 Å². The largest absolute Gasteiger partial charge is 0.374 e. The summed E-state index contributed by atoms with van der Waals surface area (Å²) >= 11 is 0. The molecule has 6 heteroatoms. The Morgan fingerprint density at radius 2 is 2.14 bits per heavy atom. The zero-order valence-corrected chi connectivity index (χ0v) is 13.9. The molecule has 1 fully saturated rings. The molecule has 0 spiro atoms. The van der Waals surface area contributed by atoms with Crippen molar-refractivity contribution in [2.24, 2.45) is 11.7 Å². The number of hydrogen-bond acceptors (Lipinski definition) is 4. The highest BCUT2D eigenvalue weighted by atomic mass is 32.2. The Labute approximate surface area is 132 Å². The summed E-state index contributed by atoms with van der Waals surface area (Å²) in [6.45, 7) is 1.52. The van der Waals surface area contributed by atoms with Gasteiger partial charge in [0, 0.05) is 25.3 Å². The molecule has 1 aromatic rings. The maximum atomic E-state index is 12.7. The van der Waals surface area contributed by atoms with Crippen LogP contribution in [0, 0.1) is 5.92 Å². The third-order valence-corrected chi connectivity index (χ3v) is 6.47. The molecule has 2 atom stereocenters. The number of sulfonamides is 1. The third kappa shape index (κ3) is 3.00. The summed E-state index contributed by atoms with van der Waals surface area (Å²) in [5.41, 5.74) is 8.02. The van der Waals surface area contributed by atoms with Crippen LogP contribution in [0.2, 0.25) is 0 Å². The summed E-state index contributed by atoms with van der Waals surface area (Å²) < 4.78 is 28.2. The summed E-state index contributed by atoms with van der Waals surface area (Å²) in [6.07, 6.45) is 5.07. The van der Waals surface area contributed by atoms with Crippen molar-refractivity contribution in [3.05, 3.63) is 23.8 Å². The minimum atomic E-state index is -3.48. The molecule has 1 heterocycles. The number of rotatable bonds is 4. The van der Waals surface area contributed by atoms with Crippen molar-refractivity contribution < 1.29 is 8.42 Å². The fourth-order valence-electron chi connectivity index (χ4n) is 3.65.